The SMILES string of the molecule is N#Cc1nccnc1NCc1ccc(OCC(F)(F)F)nc1. The molecule has 9 heteroatoms. The van der Waals surface area contributed by atoms with Crippen molar-refractivity contribution in [1.82, 2.24) is 15.0 Å². The maximum Gasteiger partial charge on any atom is 0.422 e. The molecule has 114 valence electrons. The van der Waals surface area contributed by atoms with Crippen LogP contribution >= 0.6 is 0 Å². The van der Waals surface area contributed by atoms with Gasteiger partial charge in [-0.2, -0.15) is 18.4 Å². The minimum absolute atomic E-state index is 0.113. The van der Waals surface area contributed by atoms with Gasteiger partial charge in [0, 0.05) is 31.2 Å². The number of hydrogen-bond donors (Lipinski definition) is 1. The number of aromatic nitrogens is 3. The Labute approximate surface area is 123 Å². The van der Waals surface area contributed by atoms with Gasteiger partial charge in [0.05, 0.1) is 0 Å². The van der Waals surface area contributed by atoms with Crippen LogP contribution in [0.4, 0.5) is 19.0 Å². The van der Waals surface area contributed by atoms with Gasteiger partial charge < -0.3 is 10.1 Å². The number of nitrogens with one attached hydrogen (secondary N) is 1. The van der Waals surface area contributed by atoms with E-state index in [-0.39, 0.29) is 11.6 Å². The molecular formula is C13H10F3N5O. The number of halogens is 3. The zero-order chi connectivity index (χ0) is 16.0. The Morgan fingerprint density at radius 2 is 1.95 bits per heavy atom. The molecule has 2 aromatic heterocycles. The van der Waals surface area contributed by atoms with Gasteiger partial charge in [0.25, 0.3) is 0 Å². The second kappa shape index (κ2) is 6.71. The predicted molar refractivity (Wildman–Crippen MR) is 69.9 cm³/mol. The monoisotopic (exact) mass is 309 g/mol. The van der Waals surface area contributed by atoms with Crippen LogP contribution in [0.1, 0.15) is 11.3 Å². The number of rotatable bonds is 5. The molecule has 2 heterocycles. The van der Waals surface area contributed by atoms with E-state index in [9.17, 15) is 13.2 Å². The Morgan fingerprint density at radius 3 is 2.59 bits per heavy atom. The Morgan fingerprint density at radius 1 is 1.18 bits per heavy atom. The molecule has 0 aromatic carbocycles. The largest absolute Gasteiger partial charge is 0.468 e. The van der Waals surface area contributed by atoms with Crippen molar-refractivity contribution in [2.24, 2.45) is 0 Å². The second-order valence-corrected chi connectivity index (χ2v) is 4.13. The number of anilines is 1. The summed E-state index contributed by atoms with van der Waals surface area (Å²) in [5.41, 5.74) is 0.842. The van der Waals surface area contributed by atoms with Crippen molar-refractivity contribution in [3.05, 3.63) is 42.0 Å². The maximum absolute atomic E-state index is 12.0. The first-order chi connectivity index (χ1) is 10.5. The Kier molecular flexibility index (Phi) is 4.73. The van der Waals surface area contributed by atoms with E-state index >= 15 is 0 Å². The number of alkyl halides is 3. The van der Waals surface area contributed by atoms with Crippen LogP contribution in [0.5, 0.6) is 5.88 Å². The zero-order valence-corrected chi connectivity index (χ0v) is 11.1. The van der Waals surface area contributed by atoms with Gasteiger partial charge in [-0.1, -0.05) is 6.07 Å². The average Bonchev–Trinajstić information content (AvgIpc) is 2.51. The van der Waals surface area contributed by atoms with Gasteiger partial charge in [-0.05, 0) is 5.56 Å². The molecule has 2 rings (SSSR count). The maximum atomic E-state index is 12.0. The van der Waals surface area contributed by atoms with Crippen molar-refractivity contribution in [2.75, 3.05) is 11.9 Å². The van der Waals surface area contributed by atoms with Crippen molar-refractivity contribution >= 4 is 5.82 Å². The highest BCUT2D eigenvalue weighted by Crippen LogP contribution is 2.17. The summed E-state index contributed by atoms with van der Waals surface area (Å²) in [5, 5.41) is 11.8. The molecule has 0 atom stereocenters. The van der Waals surface area contributed by atoms with Gasteiger partial charge in [-0.25, -0.2) is 15.0 Å². The molecule has 22 heavy (non-hydrogen) atoms. The Balaban J connectivity index is 1.93. The van der Waals surface area contributed by atoms with Crippen LogP contribution in [0.2, 0.25) is 0 Å². The van der Waals surface area contributed by atoms with E-state index in [1.54, 1.807) is 6.07 Å². The van der Waals surface area contributed by atoms with Gasteiger partial charge in [0.1, 0.15) is 6.07 Å². The molecule has 0 aliphatic heterocycles. The number of pyridine rings is 1. The summed E-state index contributed by atoms with van der Waals surface area (Å²) in [7, 11) is 0. The van der Waals surface area contributed by atoms with Gasteiger partial charge >= 0.3 is 6.18 Å². The highest BCUT2D eigenvalue weighted by atomic mass is 19.4. The van der Waals surface area contributed by atoms with Crippen LogP contribution in [0.25, 0.3) is 0 Å². The summed E-state index contributed by atoms with van der Waals surface area (Å²) in [6, 6.07) is 4.80. The normalized spacial score (nSPS) is 10.8. The summed E-state index contributed by atoms with van der Waals surface area (Å²) in [5.74, 6) is 0.209. The summed E-state index contributed by atoms with van der Waals surface area (Å²) in [4.78, 5) is 11.6. The van der Waals surface area contributed by atoms with Crippen molar-refractivity contribution in [3.8, 4) is 11.9 Å². The molecule has 6 nitrogen and oxygen atoms in total. The van der Waals surface area contributed by atoms with Crippen LogP contribution in [0, 0.1) is 11.3 Å². The highest BCUT2D eigenvalue weighted by molar-refractivity contribution is 5.46. The fourth-order valence-electron chi connectivity index (χ4n) is 1.49. The van der Waals surface area contributed by atoms with Crippen LogP contribution in [0.3, 0.4) is 0 Å². The van der Waals surface area contributed by atoms with E-state index in [0.29, 0.717) is 17.9 Å². The van der Waals surface area contributed by atoms with E-state index < -0.39 is 12.8 Å². The smallest absolute Gasteiger partial charge is 0.422 e. The number of nitriles is 1. The molecule has 1 N–H and O–H groups in total. The first-order valence-electron chi connectivity index (χ1n) is 6.07. The minimum Gasteiger partial charge on any atom is -0.468 e. The minimum atomic E-state index is -4.40. The molecule has 2 aromatic rings. The highest BCUT2D eigenvalue weighted by Gasteiger charge is 2.28. The molecule has 0 aliphatic carbocycles. The fraction of sp³-hybridized carbons (Fsp3) is 0.231. The third-order valence-electron chi connectivity index (χ3n) is 2.45. The predicted octanol–water partition coefficient (Wildman–Crippen LogP) is 2.30. The van der Waals surface area contributed by atoms with E-state index in [2.05, 4.69) is 25.0 Å². The summed E-state index contributed by atoms with van der Waals surface area (Å²) in [6.07, 6.45) is -0.184. The van der Waals surface area contributed by atoms with Crippen LogP contribution in [-0.2, 0) is 6.54 Å². The lowest BCUT2D eigenvalue weighted by molar-refractivity contribution is -0.154. The summed E-state index contributed by atoms with van der Waals surface area (Å²) >= 11 is 0. The molecule has 0 bridgehead atoms. The number of ether oxygens (including phenoxy) is 1. The lowest BCUT2D eigenvalue weighted by atomic mass is 10.3. The van der Waals surface area contributed by atoms with Gasteiger partial charge in [0.2, 0.25) is 5.88 Å². The summed E-state index contributed by atoms with van der Waals surface area (Å²) < 4.78 is 40.5. The van der Waals surface area contributed by atoms with Crippen molar-refractivity contribution in [1.29, 1.82) is 5.26 Å². The Hall–Kier alpha value is -2.89. The third kappa shape index (κ3) is 4.59. The molecule has 0 saturated carbocycles. The molecule has 0 unspecified atom stereocenters. The van der Waals surface area contributed by atoms with E-state index in [1.807, 2.05) is 6.07 Å². The molecule has 0 fully saturated rings. The van der Waals surface area contributed by atoms with Crippen molar-refractivity contribution < 1.29 is 17.9 Å². The Bertz CT molecular complexity index is 667. The van der Waals surface area contributed by atoms with Crippen molar-refractivity contribution in [3.63, 3.8) is 0 Å². The van der Waals surface area contributed by atoms with Crippen LogP contribution < -0.4 is 10.1 Å². The van der Waals surface area contributed by atoms with E-state index in [4.69, 9.17) is 5.26 Å². The van der Waals surface area contributed by atoms with Gasteiger partial charge in [-0.15, -0.1) is 0 Å². The lowest BCUT2D eigenvalue weighted by Crippen LogP contribution is -2.19. The standard InChI is InChI=1S/C13H10F3N5O/c14-13(15,16)8-22-11-2-1-9(6-20-11)7-21-12-10(5-17)18-3-4-19-12/h1-4,6H,7-8H2,(H,19,21). The first kappa shape index (κ1) is 15.5. The lowest BCUT2D eigenvalue weighted by Gasteiger charge is -2.09. The molecule has 0 aliphatic rings. The molecule has 0 spiro atoms. The molecule has 0 radical (unpaired) electrons. The fourth-order valence-corrected chi connectivity index (χ4v) is 1.49. The second-order valence-electron chi connectivity index (χ2n) is 4.13. The molecule has 0 amide bonds. The zero-order valence-electron chi connectivity index (χ0n) is 11.1. The summed E-state index contributed by atoms with van der Waals surface area (Å²) in [6.45, 7) is -1.09. The topological polar surface area (TPSA) is 83.7 Å². The number of hydrogen-bond acceptors (Lipinski definition) is 6. The first-order valence-corrected chi connectivity index (χ1v) is 6.07. The van der Waals surface area contributed by atoms with E-state index in [1.165, 1.54) is 24.7 Å². The number of nitrogens with zero attached hydrogens (tertiary/aromatic N) is 4. The quantitative estimate of drug-likeness (QED) is 0.912. The molecule has 0 saturated heterocycles. The van der Waals surface area contributed by atoms with Crippen LogP contribution in [0.15, 0.2) is 30.7 Å². The molecular weight excluding hydrogens is 299 g/mol. The van der Waals surface area contributed by atoms with Gasteiger partial charge in [0.15, 0.2) is 18.1 Å². The van der Waals surface area contributed by atoms with Crippen molar-refractivity contribution in [2.45, 2.75) is 12.7 Å². The van der Waals surface area contributed by atoms with Crippen LogP contribution in [-0.4, -0.2) is 27.7 Å². The third-order valence-corrected chi connectivity index (χ3v) is 2.45. The van der Waals surface area contributed by atoms with E-state index in [0.717, 1.165) is 0 Å². The van der Waals surface area contributed by atoms with Gasteiger partial charge in [-0.3, -0.25) is 0 Å². The average molecular weight is 309 g/mol.